The normalized spacial score (nSPS) is 16.4. The van der Waals surface area contributed by atoms with E-state index >= 15 is 0 Å². The number of benzene rings is 1. The third-order valence-electron chi connectivity index (χ3n) is 3.05. The van der Waals surface area contributed by atoms with Crippen LogP contribution in [0.3, 0.4) is 0 Å². The third-order valence-corrected chi connectivity index (χ3v) is 3.37. The van der Waals surface area contributed by atoms with Gasteiger partial charge >= 0.3 is 0 Å². The zero-order chi connectivity index (χ0) is 13.0. The van der Waals surface area contributed by atoms with Gasteiger partial charge in [-0.05, 0) is 12.8 Å². The van der Waals surface area contributed by atoms with Gasteiger partial charge in [0.2, 0.25) is 0 Å². The highest BCUT2D eigenvalue weighted by atomic mass is 35.5. The lowest BCUT2D eigenvalue weighted by Gasteiger charge is -2.25. The Bertz CT molecular complexity index is 405. The number of hydrogen-bond donors (Lipinski definition) is 1. The molecule has 0 spiro atoms. The highest BCUT2D eigenvalue weighted by Crippen LogP contribution is 2.36. The van der Waals surface area contributed by atoms with E-state index in [1.54, 1.807) is 20.3 Å². The fourth-order valence-electron chi connectivity index (χ4n) is 2.03. The van der Waals surface area contributed by atoms with Crippen molar-refractivity contribution >= 4 is 17.3 Å². The molecule has 100 valence electrons. The number of rotatable bonds is 4. The van der Waals surface area contributed by atoms with Crippen molar-refractivity contribution in [3.63, 3.8) is 0 Å². The second kappa shape index (κ2) is 6.16. The largest absolute Gasteiger partial charge is 0.493 e. The summed E-state index contributed by atoms with van der Waals surface area (Å²) < 4.78 is 15.8. The zero-order valence-electron chi connectivity index (χ0n) is 10.7. The molecule has 1 saturated heterocycles. The Hall–Kier alpha value is -1.13. The van der Waals surface area contributed by atoms with E-state index in [1.807, 2.05) is 6.07 Å². The minimum atomic E-state index is 0.398. The van der Waals surface area contributed by atoms with Crippen molar-refractivity contribution in [1.29, 1.82) is 0 Å². The van der Waals surface area contributed by atoms with E-state index in [4.69, 9.17) is 25.8 Å². The lowest BCUT2D eigenvalue weighted by Crippen LogP contribution is -2.27. The standard InChI is InChI=1S/C13H18ClNO3/c1-16-12-7-10(14)11(8-13(12)17-2)15-9-3-5-18-6-4-9/h7-9,15H,3-6H2,1-2H3. The first kappa shape index (κ1) is 13.3. The van der Waals surface area contributed by atoms with E-state index in [2.05, 4.69) is 5.32 Å². The third kappa shape index (κ3) is 3.00. The van der Waals surface area contributed by atoms with Gasteiger partial charge in [0.25, 0.3) is 0 Å². The van der Waals surface area contributed by atoms with Crippen LogP contribution in [-0.2, 0) is 4.74 Å². The molecular weight excluding hydrogens is 254 g/mol. The molecule has 0 atom stereocenters. The van der Waals surface area contributed by atoms with E-state index in [0.29, 0.717) is 22.6 Å². The molecule has 0 unspecified atom stereocenters. The smallest absolute Gasteiger partial charge is 0.162 e. The topological polar surface area (TPSA) is 39.7 Å². The van der Waals surface area contributed by atoms with Gasteiger partial charge in [-0.3, -0.25) is 0 Å². The summed E-state index contributed by atoms with van der Waals surface area (Å²) in [7, 11) is 3.21. The van der Waals surface area contributed by atoms with Crippen molar-refractivity contribution in [1.82, 2.24) is 0 Å². The molecule has 0 bridgehead atoms. The summed E-state index contributed by atoms with van der Waals surface area (Å²) in [4.78, 5) is 0. The van der Waals surface area contributed by atoms with Crippen LogP contribution in [0.4, 0.5) is 5.69 Å². The Morgan fingerprint density at radius 2 is 1.78 bits per heavy atom. The Kier molecular flexibility index (Phi) is 4.55. The van der Waals surface area contributed by atoms with Crippen LogP contribution in [0.5, 0.6) is 11.5 Å². The van der Waals surface area contributed by atoms with Gasteiger partial charge in [-0.2, -0.15) is 0 Å². The summed E-state index contributed by atoms with van der Waals surface area (Å²) in [6, 6.07) is 4.04. The van der Waals surface area contributed by atoms with Crippen LogP contribution in [0.25, 0.3) is 0 Å². The number of anilines is 1. The molecule has 1 fully saturated rings. The van der Waals surface area contributed by atoms with Crippen LogP contribution in [0.2, 0.25) is 5.02 Å². The Morgan fingerprint density at radius 1 is 1.17 bits per heavy atom. The van der Waals surface area contributed by atoms with Crippen molar-refractivity contribution in [2.75, 3.05) is 32.8 Å². The van der Waals surface area contributed by atoms with Gasteiger partial charge in [-0.25, -0.2) is 0 Å². The van der Waals surface area contributed by atoms with Crippen molar-refractivity contribution in [2.24, 2.45) is 0 Å². The first-order valence-corrected chi connectivity index (χ1v) is 6.38. The molecule has 0 saturated carbocycles. The molecule has 0 aromatic heterocycles. The first-order valence-electron chi connectivity index (χ1n) is 6.00. The number of nitrogens with one attached hydrogen (secondary N) is 1. The van der Waals surface area contributed by atoms with E-state index in [9.17, 15) is 0 Å². The molecule has 0 amide bonds. The second-order valence-corrected chi connectivity index (χ2v) is 4.63. The fourth-order valence-corrected chi connectivity index (χ4v) is 2.23. The van der Waals surface area contributed by atoms with Crippen LogP contribution in [0.1, 0.15) is 12.8 Å². The predicted octanol–water partition coefficient (Wildman–Crippen LogP) is 2.95. The molecular formula is C13H18ClNO3. The van der Waals surface area contributed by atoms with Gasteiger partial charge in [0, 0.05) is 31.4 Å². The average Bonchev–Trinajstić information content (AvgIpc) is 2.41. The molecule has 1 heterocycles. The minimum Gasteiger partial charge on any atom is -0.493 e. The number of hydrogen-bond acceptors (Lipinski definition) is 4. The molecule has 1 aromatic rings. The monoisotopic (exact) mass is 271 g/mol. The Labute approximate surface area is 112 Å². The Morgan fingerprint density at radius 3 is 2.39 bits per heavy atom. The summed E-state index contributed by atoms with van der Waals surface area (Å²) >= 11 is 6.23. The first-order chi connectivity index (χ1) is 8.74. The molecule has 1 N–H and O–H groups in total. The summed E-state index contributed by atoms with van der Waals surface area (Å²) in [6.45, 7) is 1.59. The summed E-state index contributed by atoms with van der Waals surface area (Å²) in [5.74, 6) is 1.32. The van der Waals surface area contributed by atoms with Crippen molar-refractivity contribution in [3.8, 4) is 11.5 Å². The summed E-state index contributed by atoms with van der Waals surface area (Å²) in [6.07, 6.45) is 1.98. The summed E-state index contributed by atoms with van der Waals surface area (Å²) in [5.41, 5.74) is 0.876. The molecule has 5 heteroatoms. The zero-order valence-corrected chi connectivity index (χ0v) is 11.4. The molecule has 0 aliphatic carbocycles. The van der Waals surface area contributed by atoms with Gasteiger partial charge in [-0.1, -0.05) is 11.6 Å². The quantitative estimate of drug-likeness (QED) is 0.914. The van der Waals surface area contributed by atoms with Gasteiger partial charge in [-0.15, -0.1) is 0 Å². The molecule has 1 aromatic carbocycles. The molecule has 0 radical (unpaired) electrons. The lowest BCUT2D eigenvalue weighted by atomic mass is 10.1. The highest BCUT2D eigenvalue weighted by Gasteiger charge is 2.16. The number of methoxy groups -OCH3 is 2. The predicted molar refractivity (Wildman–Crippen MR) is 72.0 cm³/mol. The SMILES string of the molecule is COc1cc(Cl)c(NC2CCOCC2)cc1OC. The molecule has 1 aliphatic rings. The van der Waals surface area contributed by atoms with E-state index < -0.39 is 0 Å². The van der Waals surface area contributed by atoms with Crippen LogP contribution < -0.4 is 14.8 Å². The molecule has 2 rings (SSSR count). The number of halogens is 1. The molecule has 1 aliphatic heterocycles. The fraction of sp³-hybridized carbons (Fsp3) is 0.538. The lowest BCUT2D eigenvalue weighted by molar-refractivity contribution is 0.0904. The van der Waals surface area contributed by atoms with Gasteiger partial charge in [0.15, 0.2) is 11.5 Å². The van der Waals surface area contributed by atoms with Crippen molar-refractivity contribution < 1.29 is 14.2 Å². The van der Waals surface area contributed by atoms with E-state index in [1.165, 1.54) is 0 Å². The van der Waals surface area contributed by atoms with Gasteiger partial charge in [0.1, 0.15) is 0 Å². The van der Waals surface area contributed by atoms with Crippen molar-refractivity contribution in [3.05, 3.63) is 17.2 Å². The van der Waals surface area contributed by atoms with E-state index in [0.717, 1.165) is 31.7 Å². The van der Waals surface area contributed by atoms with Crippen LogP contribution >= 0.6 is 11.6 Å². The Balaban J connectivity index is 2.16. The number of ether oxygens (including phenoxy) is 3. The molecule has 18 heavy (non-hydrogen) atoms. The van der Waals surface area contributed by atoms with Crippen molar-refractivity contribution in [2.45, 2.75) is 18.9 Å². The summed E-state index contributed by atoms with van der Waals surface area (Å²) in [5, 5.41) is 4.07. The van der Waals surface area contributed by atoms with Gasteiger partial charge in [0.05, 0.1) is 24.9 Å². The highest BCUT2D eigenvalue weighted by molar-refractivity contribution is 6.33. The van der Waals surface area contributed by atoms with Gasteiger partial charge < -0.3 is 19.5 Å². The maximum absolute atomic E-state index is 6.23. The average molecular weight is 272 g/mol. The van der Waals surface area contributed by atoms with Crippen LogP contribution in [-0.4, -0.2) is 33.5 Å². The maximum atomic E-state index is 6.23. The minimum absolute atomic E-state index is 0.398. The molecule has 4 nitrogen and oxygen atoms in total. The second-order valence-electron chi connectivity index (χ2n) is 4.22. The maximum Gasteiger partial charge on any atom is 0.162 e. The van der Waals surface area contributed by atoms with E-state index in [-0.39, 0.29) is 0 Å². The van der Waals surface area contributed by atoms with Crippen LogP contribution in [0, 0.1) is 0 Å². The van der Waals surface area contributed by atoms with Crippen LogP contribution in [0.15, 0.2) is 12.1 Å².